The van der Waals surface area contributed by atoms with Crippen LogP contribution in [0.2, 0.25) is 0 Å². The topological polar surface area (TPSA) is 58.2 Å². The van der Waals surface area contributed by atoms with Crippen LogP contribution < -0.4 is 10.6 Å². The lowest BCUT2D eigenvalue weighted by Gasteiger charge is -2.05. The Kier molecular flexibility index (Phi) is 5.93. The molecule has 0 aromatic heterocycles. The highest BCUT2D eigenvalue weighted by Crippen LogP contribution is 2.01. The molecule has 0 rings (SSSR count). The SMILES string of the molecule is CNC(=O)C(=O)NCCCC(C)C. The molecular formula is C9H18N2O2. The average Bonchev–Trinajstić information content (AvgIpc) is 2.10. The maximum Gasteiger partial charge on any atom is 0.309 e. The van der Waals surface area contributed by atoms with Crippen molar-refractivity contribution in [2.45, 2.75) is 26.7 Å². The summed E-state index contributed by atoms with van der Waals surface area (Å²) in [6, 6.07) is 0. The Morgan fingerprint density at radius 2 is 1.85 bits per heavy atom. The molecule has 0 bridgehead atoms. The Hall–Kier alpha value is -1.06. The molecule has 0 aromatic carbocycles. The van der Waals surface area contributed by atoms with Crippen LogP contribution in [0.3, 0.4) is 0 Å². The number of amides is 2. The van der Waals surface area contributed by atoms with Gasteiger partial charge in [0.05, 0.1) is 0 Å². The van der Waals surface area contributed by atoms with Gasteiger partial charge < -0.3 is 10.6 Å². The first-order valence-electron chi connectivity index (χ1n) is 4.57. The van der Waals surface area contributed by atoms with E-state index in [-0.39, 0.29) is 0 Å². The summed E-state index contributed by atoms with van der Waals surface area (Å²) in [5, 5.41) is 4.80. The first-order chi connectivity index (χ1) is 6.07. The number of carbonyl (C=O) groups is 2. The summed E-state index contributed by atoms with van der Waals surface area (Å²) >= 11 is 0. The van der Waals surface area contributed by atoms with Gasteiger partial charge in [-0.15, -0.1) is 0 Å². The molecule has 0 fully saturated rings. The Bertz CT molecular complexity index is 178. The fourth-order valence-corrected chi connectivity index (χ4v) is 0.906. The molecule has 0 unspecified atom stereocenters. The second-order valence-electron chi connectivity index (χ2n) is 3.37. The molecule has 0 atom stereocenters. The largest absolute Gasteiger partial charge is 0.351 e. The third-order valence-electron chi connectivity index (χ3n) is 1.68. The van der Waals surface area contributed by atoms with Crippen LogP contribution in [0.15, 0.2) is 0 Å². The van der Waals surface area contributed by atoms with E-state index in [0.717, 1.165) is 12.8 Å². The van der Waals surface area contributed by atoms with E-state index >= 15 is 0 Å². The smallest absolute Gasteiger partial charge is 0.309 e. The molecule has 0 saturated carbocycles. The molecule has 0 aromatic rings. The number of hydrogen-bond acceptors (Lipinski definition) is 2. The number of carbonyl (C=O) groups excluding carboxylic acids is 2. The van der Waals surface area contributed by atoms with Gasteiger partial charge in [-0.05, 0) is 18.8 Å². The summed E-state index contributed by atoms with van der Waals surface area (Å²) in [7, 11) is 1.44. The van der Waals surface area contributed by atoms with Gasteiger partial charge in [-0.2, -0.15) is 0 Å². The Balaban J connectivity index is 3.43. The van der Waals surface area contributed by atoms with Crippen LogP contribution in [-0.2, 0) is 9.59 Å². The van der Waals surface area contributed by atoms with Crippen molar-refractivity contribution in [2.75, 3.05) is 13.6 Å². The second kappa shape index (κ2) is 6.46. The van der Waals surface area contributed by atoms with Gasteiger partial charge in [-0.3, -0.25) is 9.59 Å². The quantitative estimate of drug-likeness (QED) is 0.489. The molecule has 0 radical (unpaired) electrons. The molecular weight excluding hydrogens is 168 g/mol. The minimum Gasteiger partial charge on any atom is -0.351 e. The van der Waals surface area contributed by atoms with Crippen molar-refractivity contribution in [3.05, 3.63) is 0 Å². The third-order valence-corrected chi connectivity index (χ3v) is 1.68. The summed E-state index contributed by atoms with van der Waals surface area (Å²) in [6.45, 7) is 4.82. The van der Waals surface area contributed by atoms with E-state index in [4.69, 9.17) is 0 Å². The van der Waals surface area contributed by atoms with Crippen molar-refractivity contribution >= 4 is 11.8 Å². The van der Waals surface area contributed by atoms with Gasteiger partial charge in [0.15, 0.2) is 0 Å². The number of rotatable bonds is 4. The van der Waals surface area contributed by atoms with Gasteiger partial charge in [-0.1, -0.05) is 13.8 Å². The van der Waals surface area contributed by atoms with Crippen molar-refractivity contribution in [1.82, 2.24) is 10.6 Å². The molecule has 0 aliphatic carbocycles. The van der Waals surface area contributed by atoms with Crippen LogP contribution in [0.25, 0.3) is 0 Å². The Morgan fingerprint density at radius 1 is 1.23 bits per heavy atom. The van der Waals surface area contributed by atoms with Crippen LogP contribution in [0, 0.1) is 5.92 Å². The first kappa shape index (κ1) is 11.9. The van der Waals surface area contributed by atoms with E-state index in [1.54, 1.807) is 0 Å². The summed E-state index contributed by atoms with van der Waals surface area (Å²) in [6.07, 6.45) is 1.98. The number of hydrogen-bond donors (Lipinski definition) is 2. The third kappa shape index (κ3) is 6.13. The van der Waals surface area contributed by atoms with Crippen LogP contribution >= 0.6 is 0 Å². The van der Waals surface area contributed by atoms with Crippen molar-refractivity contribution < 1.29 is 9.59 Å². The zero-order valence-electron chi connectivity index (χ0n) is 8.52. The lowest BCUT2D eigenvalue weighted by molar-refractivity contribution is -0.138. The zero-order chi connectivity index (χ0) is 10.3. The normalized spacial score (nSPS) is 9.85. The maximum absolute atomic E-state index is 10.9. The molecule has 4 nitrogen and oxygen atoms in total. The highest BCUT2D eigenvalue weighted by atomic mass is 16.2. The molecule has 4 heteroatoms. The van der Waals surface area contributed by atoms with Crippen molar-refractivity contribution in [2.24, 2.45) is 5.92 Å². The highest BCUT2D eigenvalue weighted by molar-refractivity contribution is 6.34. The van der Waals surface area contributed by atoms with Gasteiger partial charge in [0.1, 0.15) is 0 Å². The van der Waals surface area contributed by atoms with E-state index in [0.29, 0.717) is 12.5 Å². The van der Waals surface area contributed by atoms with Gasteiger partial charge >= 0.3 is 11.8 Å². The van der Waals surface area contributed by atoms with Gasteiger partial charge in [-0.25, -0.2) is 0 Å². The Morgan fingerprint density at radius 3 is 2.31 bits per heavy atom. The minimum atomic E-state index is -0.579. The van der Waals surface area contributed by atoms with Crippen LogP contribution in [0.4, 0.5) is 0 Å². The standard InChI is InChI=1S/C9H18N2O2/c1-7(2)5-4-6-11-9(13)8(12)10-3/h7H,4-6H2,1-3H3,(H,10,12)(H,11,13). The summed E-state index contributed by atoms with van der Waals surface area (Å²) < 4.78 is 0. The highest BCUT2D eigenvalue weighted by Gasteiger charge is 2.09. The van der Waals surface area contributed by atoms with Gasteiger partial charge in [0, 0.05) is 13.6 Å². The minimum absolute atomic E-state index is 0.550. The maximum atomic E-state index is 10.9. The second-order valence-corrected chi connectivity index (χ2v) is 3.37. The molecule has 2 N–H and O–H groups in total. The molecule has 0 spiro atoms. The molecule has 0 saturated heterocycles. The molecule has 76 valence electrons. The predicted octanol–water partition coefficient (Wildman–Crippen LogP) is 0.285. The molecule has 0 aliphatic heterocycles. The molecule has 0 heterocycles. The summed E-state index contributed by atoms with van der Waals surface area (Å²) in [5.41, 5.74) is 0. The molecule has 13 heavy (non-hydrogen) atoms. The van der Waals surface area contributed by atoms with Crippen molar-refractivity contribution in [1.29, 1.82) is 0 Å². The van der Waals surface area contributed by atoms with Crippen LogP contribution in [0.1, 0.15) is 26.7 Å². The van der Waals surface area contributed by atoms with E-state index < -0.39 is 11.8 Å². The summed E-state index contributed by atoms with van der Waals surface area (Å²) in [4.78, 5) is 21.6. The molecule has 0 aliphatic rings. The van der Waals surface area contributed by atoms with E-state index in [1.807, 2.05) is 0 Å². The zero-order valence-corrected chi connectivity index (χ0v) is 8.52. The fraction of sp³-hybridized carbons (Fsp3) is 0.778. The van der Waals surface area contributed by atoms with Crippen LogP contribution in [-0.4, -0.2) is 25.4 Å². The lowest BCUT2D eigenvalue weighted by Crippen LogP contribution is -2.38. The predicted molar refractivity (Wildman–Crippen MR) is 51.1 cm³/mol. The number of likely N-dealkylation sites (N-methyl/N-ethyl adjacent to an activating group) is 1. The first-order valence-corrected chi connectivity index (χ1v) is 4.57. The summed E-state index contributed by atoms with van der Waals surface area (Å²) in [5.74, 6) is -0.493. The molecule has 2 amide bonds. The Labute approximate surface area is 79.1 Å². The monoisotopic (exact) mass is 186 g/mol. The van der Waals surface area contributed by atoms with Crippen LogP contribution in [0.5, 0.6) is 0 Å². The van der Waals surface area contributed by atoms with E-state index in [2.05, 4.69) is 24.5 Å². The van der Waals surface area contributed by atoms with Crippen molar-refractivity contribution in [3.8, 4) is 0 Å². The van der Waals surface area contributed by atoms with E-state index in [1.165, 1.54) is 7.05 Å². The van der Waals surface area contributed by atoms with Crippen molar-refractivity contribution in [3.63, 3.8) is 0 Å². The lowest BCUT2D eigenvalue weighted by atomic mass is 10.1. The van der Waals surface area contributed by atoms with Gasteiger partial charge in [0.2, 0.25) is 0 Å². The van der Waals surface area contributed by atoms with E-state index in [9.17, 15) is 9.59 Å². The average molecular weight is 186 g/mol. The van der Waals surface area contributed by atoms with Gasteiger partial charge in [0.25, 0.3) is 0 Å². The fourth-order valence-electron chi connectivity index (χ4n) is 0.906. The number of nitrogens with one attached hydrogen (secondary N) is 2.